The standard InChI is InChI=1S/C9H19N3O/c1-3-11-9(13)12-6-4-5-8(7-12)10-2/h8,10H,3-7H2,1-2H3,(H,11,13)/t8-/m0/s1. The summed E-state index contributed by atoms with van der Waals surface area (Å²) in [6.45, 7) is 4.38. The zero-order chi connectivity index (χ0) is 9.68. The van der Waals surface area contributed by atoms with E-state index in [1.54, 1.807) is 0 Å². The van der Waals surface area contributed by atoms with E-state index in [1.165, 1.54) is 6.42 Å². The molecule has 0 radical (unpaired) electrons. The van der Waals surface area contributed by atoms with Gasteiger partial charge in [0, 0.05) is 25.7 Å². The summed E-state index contributed by atoms with van der Waals surface area (Å²) in [5, 5.41) is 6.03. The van der Waals surface area contributed by atoms with Gasteiger partial charge < -0.3 is 15.5 Å². The SMILES string of the molecule is CCNC(=O)N1CCC[C@H](NC)C1. The fourth-order valence-corrected chi connectivity index (χ4v) is 1.66. The summed E-state index contributed by atoms with van der Waals surface area (Å²) in [6, 6.07) is 0.541. The summed E-state index contributed by atoms with van der Waals surface area (Å²) in [5.41, 5.74) is 0. The molecule has 0 unspecified atom stereocenters. The van der Waals surface area contributed by atoms with Crippen LogP contribution in [0.4, 0.5) is 4.79 Å². The minimum Gasteiger partial charge on any atom is -0.338 e. The lowest BCUT2D eigenvalue weighted by atomic mass is 10.1. The lowest BCUT2D eigenvalue weighted by Gasteiger charge is -2.32. The Kier molecular flexibility index (Phi) is 4.02. The normalized spacial score (nSPS) is 22.9. The highest BCUT2D eigenvalue weighted by Gasteiger charge is 2.21. The average molecular weight is 185 g/mol. The molecule has 0 saturated carbocycles. The Morgan fingerprint density at radius 1 is 1.62 bits per heavy atom. The Balaban J connectivity index is 2.37. The van der Waals surface area contributed by atoms with Gasteiger partial charge in [0.15, 0.2) is 0 Å². The third-order valence-electron chi connectivity index (χ3n) is 2.44. The van der Waals surface area contributed by atoms with Gasteiger partial charge >= 0.3 is 6.03 Å². The van der Waals surface area contributed by atoms with Crippen LogP contribution in [-0.2, 0) is 0 Å². The van der Waals surface area contributed by atoms with E-state index in [9.17, 15) is 4.79 Å². The first-order valence-corrected chi connectivity index (χ1v) is 4.98. The molecule has 4 nitrogen and oxygen atoms in total. The molecule has 0 spiro atoms. The van der Waals surface area contributed by atoms with Crippen molar-refractivity contribution in [1.29, 1.82) is 0 Å². The van der Waals surface area contributed by atoms with Crippen LogP contribution in [0.15, 0.2) is 0 Å². The topological polar surface area (TPSA) is 44.4 Å². The Morgan fingerprint density at radius 3 is 3.00 bits per heavy atom. The van der Waals surface area contributed by atoms with Crippen molar-refractivity contribution in [2.75, 3.05) is 26.7 Å². The molecule has 1 saturated heterocycles. The molecule has 0 aromatic carbocycles. The summed E-state index contributed by atoms with van der Waals surface area (Å²) in [6.07, 6.45) is 2.27. The molecule has 1 rings (SSSR count). The fourth-order valence-electron chi connectivity index (χ4n) is 1.66. The van der Waals surface area contributed by atoms with Crippen molar-refractivity contribution in [3.63, 3.8) is 0 Å². The number of urea groups is 1. The summed E-state index contributed by atoms with van der Waals surface area (Å²) in [5.74, 6) is 0. The van der Waals surface area contributed by atoms with Crippen LogP contribution in [0.25, 0.3) is 0 Å². The van der Waals surface area contributed by atoms with Gasteiger partial charge in [0.05, 0.1) is 0 Å². The maximum Gasteiger partial charge on any atom is 0.317 e. The van der Waals surface area contributed by atoms with Gasteiger partial charge in [-0.3, -0.25) is 0 Å². The maximum atomic E-state index is 11.4. The van der Waals surface area contributed by atoms with Crippen molar-refractivity contribution in [2.24, 2.45) is 0 Å². The van der Waals surface area contributed by atoms with Gasteiger partial charge in [-0.15, -0.1) is 0 Å². The second kappa shape index (κ2) is 5.07. The third kappa shape index (κ3) is 2.88. The molecule has 2 N–H and O–H groups in total. The smallest absolute Gasteiger partial charge is 0.317 e. The van der Waals surface area contributed by atoms with Crippen LogP contribution in [0.3, 0.4) is 0 Å². The number of hydrogen-bond donors (Lipinski definition) is 2. The van der Waals surface area contributed by atoms with Gasteiger partial charge in [0.1, 0.15) is 0 Å². The number of likely N-dealkylation sites (N-methyl/N-ethyl adjacent to an activating group) is 1. The van der Waals surface area contributed by atoms with Crippen LogP contribution in [0.5, 0.6) is 0 Å². The number of rotatable bonds is 2. The first-order chi connectivity index (χ1) is 6.27. The molecular formula is C9H19N3O. The van der Waals surface area contributed by atoms with Gasteiger partial charge in [0.2, 0.25) is 0 Å². The van der Waals surface area contributed by atoms with Crippen molar-refractivity contribution in [2.45, 2.75) is 25.8 Å². The van der Waals surface area contributed by atoms with E-state index in [2.05, 4.69) is 10.6 Å². The number of nitrogens with one attached hydrogen (secondary N) is 2. The molecule has 1 aliphatic rings. The van der Waals surface area contributed by atoms with Gasteiger partial charge in [-0.05, 0) is 26.8 Å². The summed E-state index contributed by atoms with van der Waals surface area (Å²) in [7, 11) is 1.95. The number of likely N-dealkylation sites (tertiary alicyclic amines) is 1. The van der Waals surface area contributed by atoms with Gasteiger partial charge in [-0.1, -0.05) is 0 Å². The number of amides is 2. The van der Waals surface area contributed by atoms with Crippen LogP contribution in [0, 0.1) is 0 Å². The molecular weight excluding hydrogens is 166 g/mol. The molecule has 1 aliphatic heterocycles. The van der Waals surface area contributed by atoms with Gasteiger partial charge in [-0.2, -0.15) is 0 Å². The highest BCUT2D eigenvalue weighted by Crippen LogP contribution is 2.09. The summed E-state index contributed by atoms with van der Waals surface area (Å²) < 4.78 is 0. The van der Waals surface area contributed by atoms with Crippen LogP contribution < -0.4 is 10.6 Å². The van der Waals surface area contributed by atoms with Crippen LogP contribution in [-0.4, -0.2) is 43.7 Å². The second-order valence-electron chi connectivity index (χ2n) is 3.41. The van der Waals surface area contributed by atoms with Crippen molar-refractivity contribution in [3.05, 3.63) is 0 Å². The summed E-state index contributed by atoms with van der Waals surface area (Å²) >= 11 is 0. The van der Waals surface area contributed by atoms with Crippen molar-refractivity contribution >= 4 is 6.03 Å². The van der Waals surface area contributed by atoms with Crippen LogP contribution in [0.2, 0.25) is 0 Å². The Labute approximate surface area is 79.7 Å². The van der Waals surface area contributed by atoms with E-state index in [4.69, 9.17) is 0 Å². The number of nitrogens with zero attached hydrogens (tertiary/aromatic N) is 1. The average Bonchev–Trinajstić information content (AvgIpc) is 2.18. The summed E-state index contributed by atoms with van der Waals surface area (Å²) in [4.78, 5) is 13.3. The number of piperidine rings is 1. The Bertz CT molecular complexity index is 172. The van der Waals surface area contributed by atoms with Crippen molar-refractivity contribution in [3.8, 4) is 0 Å². The zero-order valence-corrected chi connectivity index (χ0v) is 8.47. The first kappa shape index (κ1) is 10.3. The Hall–Kier alpha value is -0.770. The molecule has 13 heavy (non-hydrogen) atoms. The molecule has 76 valence electrons. The highest BCUT2D eigenvalue weighted by atomic mass is 16.2. The van der Waals surface area contributed by atoms with E-state index in [0.29, 0.717) is 12.6 Å². The minimum atomic E-state index is 0.0717. The van der Waals surface area contributed by atoms with Crippen molar-refractivity contribution < 1.29 is 4.79 Å². The highest BCUT2D eigenvalue weighted by molar-refractivity contribution is 5.74. The molecule has 4 heteroatoms. The Morgan fingerprint density at radius 2 is 2.38 bits per heavy atom. The lowest BCUT2D eigenvalue weighted by molar-refractivity contribution is 0.175. The van der Waals surface area contributed by atoms with Gasteiger partial charge in [-0.25, -0.2) is 4.79 Å². The quantitative estimate of drug-likeness (QED) is 0.654. The van der Waals surface area contributed by atoms with Crippen LogP contribution >= 0.6 is 0 Å². The predicted molar refractivity (Wildman–Crippen MR) is 52.7 cm³/mol. The number of carbonyl (C=O) groups excluding carboxylic acids is 1. The number of hydrogen-bond acceptors (Lipinski definition) is 2. The molecule has 2 amide bonds. The minimum absolute atomic E-state index is 0.0717. The monoisotopic (exact) mass is 185 g/mol. The number of carbonyl (C=O) groups is 1. The lowest BCUT2D eigenvalue weighted by Crippen LogP contribution is -2.50. The molecule has 1 fully saturated rings. The van der Waals surface area contributed by atoms with E-state index < -0.39 is 0 Å². The largest absolute Gasteiger partial charge is 0.338 e. The molecule has 0 bridgehead atoms. The zero-order valence-electron chi connectivity index (χ0n) is 8.47. The van der Waals surface area contributed by atoms with E-state index in [0.717, 1.165) is 19.5 Å². The fraction of sp³-hybridized carbons (Fsp3) is 0.889. The maximum absolute atomic E-state index is 11.4. The van der Waals surface area contributed by atoms with Crippen molar-refractivity contribution in [1.82, 2.24) is 15.5 Å². The molecule has 0 aromatic heterocycles. The molecule has 1 atom stereocenters. The van der Waals surface area contributed by atoms with Crippen LogP contribution in [0.1, 0.15) is 19.8 Å². The van der Waals surface area contributed by atoms with E-state index >= 15 is 0 Å². The molecule has 0 aromatic rings. The molecule has 0 aliphatic carbocycles. The first-order valence-electron chi connectivity index (χ1n) is 4.98. The predicted octanol–water partition coefficient (Wildman–Crippen LogP) is 0.400. The van der Waals surface area contributed by atoms with E-state index in [-0.39, 0.29) is 6.03 Å². The van der Waals surface area contributed by atoms with E-state index in [1.807, 2.05) is 18.9 Å². The molecule has 1 heterocycles. The third-order valence-corrected chi connectivity index (χ3v) is 2.44. The van der Waals surface area contributed by atoms with Gasteiger partial charge in [0.25, 0.3) is 0 Å². The second-order valence-corrected chi connectivity index (χ2v) is 3.41.